The van der Waals surface area contributed by atoms with Gasteiger partial charge in [0.05, 0.1) is 0 Å². The van der Waals surface area contributed by atoms with E-state index in [2.05, 4.69) is 9.36 Å². The lowest BCUT2D eigenvalue weighted by Crippen LogP contribution is -1.65. The standard InChI is InChI=1S/C9H8N2S/c1-2-8(10-6-1)3-4-9-5-7-11-12-9/h1-7,10H/b4-3+. The smallest absolute Gasteiger partial charge is 0.0478 e. The van der Waals surface area contributed by atoms with Gasteiger partial charge >= 0.3 is 0 Å². The van der Waals surface area contributed by atoms with Gasteiger partial charge in [0.15, 0.2) is 0 Å². The Balaban J connectivity index is 2.14. The SMILES string of the molecule is C(=C\c1ccns1)/c1ccc[nH]1. The van der Waals surface area contributed by atoms with Gasteiger partial charge in [-0.2, -0.15) is 0 Å². The van der Waals surface area contributed by atoms with Gasteiger partial charge in [0.25, 0.3) is 0 Å². The molecule has 0 aliphatic rings. The van der Waals surface area contributed by atoms with Crippen molar-refractivity contribution < 1.29 is 0 Å². The van der Waals surface area contributed by atoms with Gasteiger partial charge in [0, 0.05) is 23.0 Å². The summed E-state index contributed by atoms with van der Waals surface area (Å²) in [5.41, 5.74) is 1.11. The quantitative estimate of drug-likeness (QED) is 0.748. The second kappa shape index (κ2) is 3.36. The first-order valence-corrected chi connectivity index (χ1v) is 4.45. The van der Waals surface area contributed by atoms with Crippen molar-refractivity contribution in [1.82, 2.24) is 9.36 Å². The van der Waals surface area contributed by atoms with E-state index >= 15 is 0 Å². The first-order valence-electron chi connectivity index (χ1n) is 3.67. The number of nitrogens with one attached hydrogen (secondary N) is 1. The van der Waals surface area contributed by atoms with E-state index in [0.717, 1.165) is 5.69 Å². The molecule has 0 aliphatic heterocycles. The zero-order chi connectivity index (χ0) is 8.23. The summed E-state index contributed by atoms with van der Waals surface area (Å²) in [5, 5.41) is 0. The van der Waals surface area contributed by atoms with E-state index in [0.29, 0.717) is 0 Å². The highest BCUT2D eigenvalue weighted by Crippen LogP contribution is 2.09. The Hall–Kier alpha value is -1.35. The molecule has 0 unspecified atom stereocenters. The van der Waals surface area contributed by atoms with Crippen molar-refractivity contribution in [3.8, 4) is 0 Å². The summed E-state index contributed by atoms with van der Waals surface area (Å²) in [6, 6.07) is 5.99. The van der Waals surface area contributed by atoms with Crippen molar-refractivity contribution in [2.75, 3.05) is 0 Å². The first kappa shape index (κ1) is 7.31. The number of aromatic amines is 1. The number of hydrogen-bond donors (Lipinski definition) is 1. The number of aromatic nitrogens is 2. The lowest BCUT2D eigenvalue weighted by atomic mass is 10.3. The zero-order valence-corrected chi connectivity index (χ0v) is 7.21. The van der Waals surface area contributed by atoms with Gasteiger partial charge in [-0.3, -0.25) is 0 Å². The van der Waals surface area contributed by atoms with Gasteiger partial charge in [-0.05, 0) is 41.9 Å². The molecule has 0 amide bonds. The van der Waals surface area contributed by atoms with Crippen LogP contribution in [-0.4, -0.2) is 9.36 Å². The fourth-order valence-electron chi connectivity index (χ4n) is 0.931. The molecule has 0 aliphatic carbocycles. The van der Waals surface area contributed by atoms with Crippen LogP contribution in [0.5, 0.6) is 0 Å². The minimum atomic E-state index is 1.11. The monoisotopic (exact) mass is 176 g/mol. The average Bonchev–Trinajstić information content (AvgIpc) is 2.74. The Morgan fingerprint density at radius 2 is 2.33 bits per heavy atom. The molecular weight excluding hydrogens is 168 g/mol. The third kappa shape index (κ3) is 1.62. The minimum absolute atomic E-state index is 1.11. The third-order valence-electron chi connectivity index (χ3n) is 1.51. The predicted molar refractivity (Wildman–Crippen MR) is 51.8 cm³/mol. The van der Waals surface area contributed by atoms with Gasteiger partial charge in [-0.25, -0.2) is 4.37 Å². The van der Waals surface area contributed by atoms with Crippen LogP contribution >= 0.6 is 11.5 Å². The maximum absolute atomic E-state index is 4.00. The molecule has 12 heavy (non-hydrogen) atoms. The van der Waals surface area contributed by atoms with E-state index in [-0.39, 0.29) is 0 Å². The van der Waals surface area contributed by atoms with E-state index in [1.54, 1.807) is 6.20 Å². The van der Waals surface area contributed by atoms with E-state index in [9.17, 15) is 0 Å². The summed E-state index contributed by atoms with van der Waals surface area (Å²) in [7, 11) is 0. The fourth-order valence-corrected chi connectivity index (χ4v) is 1.43. The van der Waals surface area contributed by atoms with E-state index in [1.807, 2.05) is 36.5 Å². The molecular formula is C9H8N2S. The molecule has 0 bridgehead atoms. The fraction of sp³-hybridized carbons (Fsp3) is 0. The minimum Gasteiger partial charge on any atom is -0.362 e. The predicted octanol–water partition coefficient (Wildman–Crippen LogP) is 2.64. The molecule has 60 valence electrons. The second-order valence-electron chi connectivity index (χ2n) is 2.37. The maximum Gasteiger partial charge on any atom is 0.0478 e. The number of hydrogen-bond acceptors (Lipinski definition) is 2. The highest BCUT2D eigenvalue weighted by Gasteiger charge is 1.87. The third-order valence-corrected chi connectivity index (χ3v) is 2.22. The normalized spacial score (nSPS) is 11.0. The average molecular weight is 176 g/mol. The summed E-state index contributed by atoms with van der Waals surface area (Å²) >= 11 is 1.49. The van der Waals surface area contributed by atoms with Crippen LogP contribution in [0.4, 0.5) is 0 Å². The van der Waals surface area contributed by atoms with Crippen LogP contribution in [0.15, 0.2) is 30.6 Å². The number of nitrogens with zero attached hydrogens (tertiary/aromatic N) is 1. The number of rotatable bonds is 2. The van der Waals surface area contributed by atoms with Gasteiger partial charge in [0.2, 0.25) is 0 Å². The van der Waals surface area contributed by atoms with Crippen LogP contribution in [-0.2, 0) is 0 Å². The Labute approximate surface area is 74.7 Å². The van der Waals surface area contributed by atoms with E-state index < -0.39 is 0 Å². The molecule has 0 saturated heterocycles. The Morgan fingerprint density at radius 1 is 1.33 bits per heavy atom. The van der Waals surface area contributed by atoms with Crippen molar-refractivity contribution in [2.24, 2.45) is 0 Å². The van der Waals surface area contributed by atoms with Gasteiger partial charge < -0.3 is 4.98 Å². The topological polar surface area (TPSA) is 28.7 Å². The molecule has 0 atom stereocenters. The summed E-state index contributed by atoms with van der Waals surface area (Å²) in [4.78, 5) is 4.27. The van der Waals surface area contributed by atoms with Crippen LogP contribution in [0.25, 0.3) is 12.2 Å². The Kier molecular flexibility index (Phi) is 2.05. The highest BCUT2D eigenvalue weighted by molar-refractivity contribution is 7.06. The molecule has 0 saturated carbocycles. The molecule has 2 aromatic heterocycles. The van der Waals surface area contributed by atoms with Crippen molar-refractivity contribution in [1.29, 1.82) is 0 Å². The second-order valence-corrected chi connectivity index (χ2v) is 3.24. The lowest BCUT2D eigenvalue weighted by molar-refractivity contribution is 1.38. The molecule has 1 N–H and O–H groups in total. The molecule has 3 heteroatoms. The highest BCUT2D eigenvalue weighted by atomic mass is 32.1. The van der Waals surface area contributed by atoms with Crippen LogP contribution in [0.1, 0.15) is 10.6 Å². The molecule has 0 fully saturated rings. The molecule has 0 radical (unpaired) electrons. The summed E-state index contributed by atoms with van der Waals surface area (Å²) in [5.74, 6) is 0. The summed E-state index contributed by atoms with van der Waals surface area (Å²) in [6.45, 7) is 0. The summed E-state index contributed by atoms with van der Waals surface area (Å²) in [6.07, 6.45) is 7.79. The van der Waals surface area contributed by atoms with Crippen LogP contribution in [0.2, 0.25) is 0 Å². The Morgan fingerprint density at radius 3 is 3.00 bits per heavy atom. The molecule has 2 nitrogen and oxygen atoms in total. The molecule has 2 heterocycles. The molecule has 0 spiro atoms. The van der Waals surface area contributed by atoms with Crippen LogP contribution in [0.3, 0.4) is 0 Å². The lowest BCUT2D eigenvalue weighted by Gasteiger charge is -1.82. The molecule has 2 rings (SSSR count). The first-order chi connectivity index (χ1) is 5.95. The maximum atomic E-state index is 4.00. The zero-order valence-electron chi connectivity index (χ0n) is 6.40. The van der Waals surface area contributed by atoms with Gasteiger partial charge in [-0.1, -0.05) is 0 Å². The Bertz CT molecular complexity index is 310. The van der Waals surface area contributed by atoms with Crippen molar-refractivity contribution in [3.05, 3.63) is 41.2 Å². The largest absolute Gasteiger partial charge is 0.362 e. The van der Waals surface area contributed by atoms with E-state index in [1.165, 1.54) is 16.4 Å². The van der Waals surface area contributed by atoms with E-state index in [4.69, 9.17) is 0 Å². The molecule has 2 aromatic rings. The van der Waals surface area contributed by atoms with Crippen LogP contribution in [0, 0.1) is 0 Å². The van der Waals surface area contributed by atoms with Gasteiger partial charge in [-0.15, -0.1) is 0 Å². The van der Waals surface area contributed by atoms with Crippen molar-refractivity contribution in [2.45, 2.75) is 0 Å². The van der Waals surface area contributed by atoms with Crippen molar-refractivity contribution >= 4 is 23.7 Å². The van der Waals surface area contributed by atoms with Crippen molar-refractivity contribution in [3.63, 3.8) is 0 Å². The summed E-state index contributed by atoms with van der Waals surface area (Å²) < 4.78 is 4.00. The molecule has 0 aromatic carbocycles. The van der Waals surface area contributed by atoms with Gasteiger partial charge in [0.1, 0.15) is 0 Å². The van der Waals surface area contributed by atoms with Crippen LogP contribution < -0.4 is 0 Å². The number of H-pyrrole nitrogens is 1.